The van der Waals surface area contributed by atoms with Gasteiger partial charge in [-0.15, -0.1) is 0 Å². The molecule has 1 rings (SSSR count). The topological polar surface area (TPSA) is 35.2 Å². The first kappa shape index (κ1) is 14.0. The fourth-order valence-electron chi connectivity index (χ4n) is 1.91. The predicted molar refractivity (Wildman–Crippen MR) is 68.7 cm³/mol. The lowest BCUT2D eigenvalue weighted by Gasteiger charge is -2.34. The minimum absolute atomic E-state index is 0.0904. The third-order valence-electron chi connectivity index (χ3n) is 2.74. The van der Waals surface area contributed by atoms with Gasteiger partial charge in [0.05, 0.1) is 0 Å². The molecule has 0 bridgehead atoms. The van der Waals surface area contributed by atoms with E-state index in [2.05, 4.69) is 20.8 Å². The van der Waals surface area contributed by atoms with Gasteiger partial charge in [0.15, 0.2) is 0 Å². The molecule has 2 N–H and O–H groups in total. The fraction of sp³-hybridized carbons (Fsp3) is 0.571. The quantitative estimate of drug-likeness (QED) is 0.878. The van der Waals surface area contributed by atoms with Crippen LogP contribution in [0.5, 0.6) is 5.75 Å². The van der Waals surface area contributed by atoms with Crippen molar-refractivity contribution in [1.82, 2.24) is 0 Å². The van der Waals surface area contributed by atoms with E-state index in [-0.39, 0.29) is 23.4 Å². The van der Waals surface area contributed by atoms with Gasteiger partial charge in [0.2, 0.25) is 0 Å². The summed E-state index contributed by atoms with van der Waals surface area (Å²) in [5.74, 6) is 0.283. The molecule has 0 aliphatic rings. The largest absolute Gasteiger partial charge is 0.488 e. The summed E-state index contributed by atoms with van der Waals surface area (Å²) < 4.78 is 19.1. The minimum Gasteiger partial charge on any atom is -0.488 e. The molecule has 0 amide bonds. The van der Waals surface area contributed by atoms with Gasteiger partial charge in [0.25, 0.3) is 0 Å². The molecule has 0 heterocycles. The number of rotatable bonds is 3. The molecule has 0 aliphatic heterocycles. The average Bonchev–Trinajstić information content (AvgIpc) is 2.17. The Kier molecular flexibility index (Phi) is 4.15. The number of hydrogen-bond acceptors (Lipinski definition) is 2. The highest BCUT2D eigenvalue weighted by Gasteiger charge is 2.30. The lowest BCUT2D eigenvalue weighted by atomic mass is 9.85. The molecular weight excluding hydrogens is 217 g/mol. The molecule has 0 aliphatic carbocycles. The van der Waals surface area contributed by atoms with Crippen molar-refractivity contribution < 1.29 is 9.13 Å². The summed E-state index contributed by atoms with van der Waals surface area (Å²) in [6.07, 6.45) is -0.150. The molecule has 2 unspecified atom stereocenters. The van der Waals surface area contributed by atoms with Crippen LogP contribution in [0.25, 0.3) is 0 Å². The van der Waals surface area contributed by atoms with Crippen molar-refractivity contribution in [2.24, 2.45) is 11.1 Å². The first-order valence-corrected chi connectivity index (χ1v) is 5.90. The van der Waals surface area contributed by atoms with Gasteiger partial charge in [-0.25, -0.2) is 4.39 Å². The van der Waals surface area contributed by atoms with Crippen LogP contribution >= 0.6 is 0 Å². The highest BCUT2D eigenvalue weighted by molar-refractivity contribution is 5.33. The number of nitrogens with two attached hydrogens (primary N) is 1. The Morgan fingerprint density at radius 1 is 1.29 bits per heavy atom. The first-order valence-electron chi connectivity index (χ1n) is 5.90. The molecule has 96 valence electrons. The Morgan fingerprint density at radius 2 is 1.88 bits per heavy atom. The van der Waals surface area contributed by atoms with Crippen LogP contribution < -0.4 is 10.5 Å². The van der Waals surface area contributed by atoms with Crippen LogP contribution in [0.1, 0.15) is 33.3 Å². The predicted octanol–water partition coefficient (Wildman–Crippen LogP) is 3.27. The smallest absolute Gasteiger partial charge is 0.126 e. The highest BCUT2D eigenvalue weighted by atomic mass is 19.1. The van der Waals surface area contributed by atoms with Crippen molar-refractivity contribution in [3.05, 3.63) is 29.6 Å². The summed E-state index contributed by atoms with van der Waals surface area (Å²) in [5, 5.41) is 0. The van der Waals surface area contributed by atoms with Gasteiger partial charge >= 0.3 is 0 Å². The Bertz CT molecular complexity index is 382. The summed E-state index contributed by atoms with van der Waals surface area (Å²) in [6.45, 7) is 10.0. The van der Waals surface area contributed by atoms with E-state index in [1.165, 1.54) is 12.1 Å². The van der Waals surface area contributed by atoms with E-state index >= 15 is 0 Å². The van der Waals surface area contributed by atoms with Crippen molar-refractivity contribution in [3.8, 4) is 5.75 Å². The SMILES string of the molecule is Cc1ccc(F)cc1OC(C(C)N)C(C)(C)C. The van der Waals surface area contributed by atoms with Crippen LogP contribution in [0.15, 0.2) is 18.2 Å². The van der Waals surface area contributed by atoms with Crippen LogP contribution in [0, 0.1) is 18.2 Å². The van der Waals surface area contributed by atoms with E-state index in [1.54, 1.807) is 6.07 Å². The van der Waals surface area contributed by atoms with E-state index in [4.69, 9.17) is 10.5 Å². The van der Waals surface area contributed by atoms with Crippen LogP contribution in [-0.2, 0) is 0 Å². The van der Waals surface area contributed by atoms with Crippen molar-refractivity contribution in [2.45, 2.75) is 46.8 Å². The molecule has 0 spiro atoms. The molecule has 2 atom stereocenters. The van der Waals surface area contributed by atoms with Crippen LogP contribution in [0.2, 0.25) is 0 Å². The molecule has 1 aromatic rings. The Morgan fingerprint density at radius 3 is 2.35 bits per heavy atom. The van der Waals surface area contributed by atoms with Crippen molar-refractivity contribution in [2.75, 3.05) is 0 Å². The third-order valence-corrected chi connectivity index (χ3v) is 2.74. The number of halogens is 1. The van der Waals surface area contributed by atoms with Crippen LogP contribution in [0.3, 0.4) is 0 Å². The summed E-state index contributed by atoms with van der Waals surface area (Å²) in [5.41, 5.74) is 6.77. The number of benzene rings is 1. The van der Waals surface area contributed by atoms with Gasteiger partial charge in [-0.2, -0.15) is 0 Å². The number of aryl methyl sites for hydroxylation is 1. The lowest BCUT2D eigenvalue weighted by Crippen LogP contribution is -2.45. The molecule has 3 heteroatoms. The minimum atomic E-state index is -0.289. The van der Waals surface area contributed by atoms with Crippen LogP contribution in [-0.4, -0.2) is 12.1 Å². The Labute approximate surface area is 103 Å². The maximum atomic E-state index is 13.2. The van der Waals surface area contributed by atoms with E-state index < -0.39 is 0 Å². The highest BCUT2D eigenvalue weighted by Crippen LogP contribution is 2.28. The first-order chi connectivity index (χ1) is 7.71. The standard InChI is InChI=1S/C14H22FNO/c1-9-6-7-11(15)8-12(9)17-13(10(2)16)14(3,4)5/h6-8,10,13H,16H2,1-5H3. The molecule has 0 fully saturated rings. The molecule has 1 aromatic carbocycles. The zero-order chi connectivity index (χ0) is 13.2. The second-order valence-electron chi connectivity index (χ2n) is 5.67. The molecule has 0 saturated heterocycles. The lowest BCUT2D eigenvalue weighted by molar-refractivity contribution is 0.0675. The third kappa shape index (κ3) is 3.70. The van der Waals surface area contributed by atoms with Gasteiger partial charge < -0.3 is 10.5 Å². The average molecular weight is 239 g/mol. The van der Waals surface area contributed by atoms with Gasteiger partial charge in [0.1, 0.15) is 17.7 Å². The second-order valence-corrected chi connectivity index (χ2v) is 5.67. The molecule has 2 nitrogen and oxygen atoms in total. The van der Waals surface area contributed by atoms with Crippen molar-refractivity contribution in [1.29, 1.82) is 0 Å². The maximum absolute atomic E-state index is 13.2. The molecule has 17 heavy (non-hydrogen) atoms. The Balaban J connectivity index is 2.98. The summed E-state index contributed by atoms with van der Waals surface area (Å²) in [7, 11) is 0. The van der Waals surface area contributed by atoms with Gasteiger partial charge in [-0.05, 0) is 25.5 Å². The molecular formula is C14H22FNO. The Hall–Kier alpha value is -1.09. The monoisotopic (exact) mass is 239 g/mol. The van der Waals surface area contributed by atoms with E-state index in [9.17, 15) is 4.39 Å². The van der Waals surface area contributed by atoms with Crippen molar-refractivity contribution >= 4 is 0 Å². The van der Waals surface area contributed by atoms with E-state index in [1.807, 2.05) is 13.8 Å². The molecule has 0 radical (unpaired) electrons. The zero-order valence-corrected chi connectivity index (χ0v) is 11.3. The summed E-state index contributed by atoms with van der Waals surface area (Å²) in [4.78, 5) is 0. The normalized spacial score (nSPS) is 15.5. The van der Waals surface area contributed by atoms with Crippen LogP contribution in [0.4, 0.5) is 4.39 Å². The maximum Gasteiger partial charge on any atom is 0.126 e. The fourth-order valence-corrected chi connectivity index (χ4v) is 1.91. The summed E-state index contributed by atoms with van der Waals surface area (Å²) in [6, 6.07) is 4.44. The summed E-state index contributed by atoms with van der Waals surface area (Å²) >= 11 is 0. The molecule has 0 saturated carbocycles. The number of hydrogen-bond donors (Lipinski definition) is 1. The van der Waals surface area contributed by atoms with Gasteiger partial charge in [-0.3, -0.25) is 0 Å². The van der Waals surface area contributed by atoms with Gasteiger partial charge in [0, 0.05) is 17.5 Å². The van der Waals surface area contributed by atoms with E-state index in [0.717, 1.165) is 5.56 Å². The number of ether oxygens (including phenoxy) is 1. The van der Waals surface area contributed by atoms with Gasteiger partial charge in [-0.1, -0.05) is 26.8 Å². The van der Waals surface area contributed by atoms with Crippen molar-refractivity contribution in [3.63, 3.8) is 0 Å². The molecule has 0 aromatic heterocycles. The second kappa shape index (κ2) is 5.05. The zero-order valence-electron chi connectivity index (χ0n) is 11.3. The van der Waals surface area contributed by atoms with E-state index in [0.29, 0.717) is 5.75 Å².